The number of amides is 1. The van der Waals surface area contributed by atoms with Crippen LogP contribution in [-0.4, -0.2) is 65.7 Å². The van der Waals surface area contributed by atoms with Crippen LogP contribution in [0.2, 0.25) is 5.02 Å². The Morgan fingerprint density at radius 3 is 2.78 bits per heavy atom. The lowest BCUT2D eigenvalue weighted by atomic mass is 9.96. The Morgan fingerprint density at radius 2 is 2.04 bits per heavy atom. The summed E-state index contributed by atoms with van der Waals surface area (Å²) in [4.78, 5) is 16.9. The number of aliphatic hydroxyl groups is 1. The number of nitrogens with zero attached hydrogens (tertiary/aromatic N) is 2. The molecule has 2 saturated heterocycles. The first-order valence-electron chi connectivity index (χ1n) is 10.0. The summed E-state index contributed by atoms with van der Waals surface area (Å²) >= 11 is 5.98. The van der Waals surface area contributed by atoms with Crippen molar-refractivity contribution in [3.8, 4) is 5.75 Å². The average Bonchev–Trinajstić information content (AvgIpc) is 2.84. The van der Waals surface area contributed by atoms with Gasteiger partial charge in [0, 0.05) is 18.1 Å². The van der Waals surface area contributed by atoms with Crippen molar-refractivity contribution in [1.29, 1.82) is 0 Å². The molecule has 5 nitrogen and oxygen atoms in total. The highest BCUT2D eigenvalue weighted by molar-refractivity contribution is 6.30. The van der Waals surface area contributed by atoms with Gasteiger partial charge in [0.15, 0.2) is 0 Å². The number of carbonyl (C=O) groups excluding carboxylic acids is 1. The summed E-state index contributed by atoms with van der Waals surface area (Å²) in [6.07, 6.45) is 4.31. The molecule has 6 heteroatoms. The average molecular weight is 395 g/mol. The minimum atomic E-state index is -0.905. The van der Waals surface area contributed by atoms with Crippen molar-refractivity contribution in [2.45, 2.75) is 44.6 Å². The van der Waals surface area contributed by atoms with Gasteiger partial charge in [-0.05, 0) is 69.3 Å². The standard InChI is InChI=1S/C21H31ClN2O3/c1-17-6-11-23(12-7-17)15-20(25)24-10-3-8-21(26,9-13-24)16-27-19-5-2-4-18(22)14-19/h2,4-5,14,17,26H,3,6-13,15-16H2,1H3. The molecule has 1 unspecified atom stereocenters. The van der Waals surface area contributed by atoms with Crippen LogP contribution < -0.4 is 4.74 Å². The lowest BCUT2D eigenvalue weighted by molar-refractivity contribution is -0.133. The Balaban J connectivity index is 1.48. The van der Waals surface area contributed by atoms with E-state index in [2.05, 4.69) is 11.8 Å². The zero-order valence-electron chi connectivity index (χ0n) is 16.2. The monoisotopic (exact) mass is 394 g/mol. The zero-order chi connectivity index (χ0) is 19.3. The summed E-state index contributed by atoms with van der Waals surface area (Å²) in [6.45, 7) is 6.32. The first-order chi connectivity index (χ1) is 12.9. The molecule has 2 fully saturated rings. The lowest BCUT2D eigenvalue weighted by Gasteiger charge is -2.32. The maximum absolute atomic E-state index is 12.7. The van der Waals surface area contributed by atoms with E-state index in [1.165, 1.54) is 12.8 Å². The second kappa shape index (κ2) is 9.26. The van der Waals surface area contributed by atoms with Gasteiger partial charge in [0.2, 0.25) is 5.91 Å². The van der Waals surface area contributed by atoms with Crippen molar-refractivity contribution in [3.63, 3.8) is 0 Å². The van der Waals surface area contributed by atoms with Gasteiger partial charge in [-0.3, -0.25) is 9.69 Å². The van der Waals surface area contributed by atoms with E-state index in [4.69, 9.17) is 16.3 Å². The van der Waals surface area contributed by atoms with Crippen LogP contribution >= 0.6 is 11.6 Å². The highest BCUT2D eigenvalue weighted by Gasteiger charge is 2.33. The van der Waals surface area contributed by atoms with Gasteiger partial charge in [-0.2, -0.15) is 0 Å². The molecule has 2 heterocycles. The minimum Gasteiger partial charge on any atom is -0.491 e. The summed E-state index contributed by atoms with van der Waals surface area (Å²) in [5.74, 6) is 1.61. The molecule has 0 aromatic heterocycles. The summed E-state index contributed by atoms with van der Waals surface area (Å²) in [5.41, 5.74) is -0.905. The number of hydrogen-bond acceptors (Lipinski definition) is 4. The molecule has 1 N–H and O–H groups in total. The molecule has 1 amide bonds. The smallest absolute Gasteiger partial charge is 0.236 e. The quantitative estimate of drug-likeness (QED) is 0.833. The number of hydrogen-bond donors (Lipinski definition) is 1. The molecule has 2 aliphatic heterocycles. The number of piperidine rings is 1. The summed E-state index contributed by atoms with van der Waals surface area (Å²) in [6, 6.07) is 7.20. The van der Waals surface area contributed by atoms with Gasteiger partial charge in [0.05, 0.1) is 6.54 Å². The number of carbonyl (C=O) groups is 1. The fourth-order valence-electron chi connectivity index (χ4n) is 3.86. The van der Waals surface area contributed by atoms with Crippen LogP contribution in [0.5, 0.6) is 5.75 Å². The van der Waals surface area contributed by atoms with Crippen LogP contribution in [0.25, 0.3) is 0 Å². The predicted molar refractivity (Wildman–Crippen MR) is 107 cm³/mol. The van der Waals surface area contributed by atoms with Crippen molar-refractivity contribution >= 4 is 17.5 Å². The zero-order valence-corrected chi connectivity index (χ0v) is 17.0. The maximum Gasteiger partial charge on any atom is 0.236 e. The van der Waals surface area contributed by atoms with Crippen molar-refractivity contribution in [3.05, 3.63) is 29.3 Å². The third kappa shape index (κ3) is 6.09. The summed E-state index contributed by atoms with van der Waals surface area (Å²) in [7, 11) is 0. The van der Waals surface area contributed by atoms with Crippen LogP contribution in [0.3, 0.4) is 0 Å². The number of rotatable bonds is 5. The third-order valence-electron chi connectivity index (χ3n) is 5.81. The van der Waals surface area contributed by atoms with Crippen LogP contribution in [0, 0.1) is 5.92 Å². The van der Waals surface area contributed by atoms with Crippen LogP contribution in [0.1, 0.15) is 39.0 Å². The largest absolute Gasteiger partial charge is 0.491 e. The Labute approximate surface area is 167 Å². The van der Waals surface area contributed by atoms with Crippen molar-refractivity contribution in [2.24, 2.45) is 5.92 Å². The van der Waals surface area contributed by atoms with E-state index >= 15 is 0 Å². The normalized spacial score (nSPS) is 25.2. The molecule has 150 valence electrons. The highest BCUT2D eigenvalue weighted by Crippen LogP contribution is 2.25. The van der Waals surface area contributed by atoms with Gasteiger partial charge in [-0.15, -0.1) is 0 Å². The molecule has 3 rings (SSSR count). The molecule has 1 atom stereocenters. The van der Waals surface area contributed by atoms with Gasteiger partial charge >= 0.3 is 0 Å². The van der Waals surface area contributed by atoms with Gasteiger partial charge in [0.25, 0.3) is 0 Å². The fourth-order valence-corrected chi connectivity index (χ4v) is 4.04. The lowest BCUT2D eigenvalue weighted by Crippen LogP contribution is -2.44. The molecule has 0 bridgehead atoms. The third-order valence-corrected chi connectivity index (χ3v) is 6.04. The van der Waals surface area contributed by atoms with E-state index in [0.29, 0.717) is 43.2 Å². The van der Waals surface area contributed by atoms with E-state index in [-0.39, 0.29) is 12.5 Å². The molecule has 0 saturated carbocycles. The van der Waals surface area contributed by atoms with Crippen molar-refractivity contribution in [2.75, 3.05) is 39.3 Å². The highest BCUT2D eigenvalue weighted by atomic mass is 35.5. The molecule has 27 heavy (non-hydrogen) atoms. The van der Waals surface area contributed by atoms with E-state index in [0.717, 1.165) is 25.4 Å². The van der Waals surface area contributed by atoms with Crippen LogP contribution in [0.15, 0.2) is 24.3 Å². The minimum absolute atomic E-state index is 0.185. The molecule has 1 aromatic rings. The molecular weight excluding hydrogens is 364 g/mol. The first-order valence-corrected chi connectivity index (χ1v) is 10.4. The molecule has 1 aromatic carbocycles. The molecule has 0 spiro atoms. The summed E-state index contributed by atoms with van der Waals surface area (Å²) < 4.78 is 5.77. The topological polar surface area (TPSA) is 53.0 Å². The predicted octanol–water partition coefficient (Wildman–Crippen LogP) is 3.19. The Bertz CT molecular complexity index is 634. The molecule has 2 aliphatic rings. The van der Waals surface area contributed by atoms with E-state index in [1.807, 2.05) is 17.0 Å². The van der Waals surface area contributed by atoms with E-state index in [1.54, 1.807) is 12.1 Å². The second-order valence-corrected chi connectivity index (χ2v) is 8.60. The van der Waals surface area contributed by atoms with Crippen molar-refractivity contribution < 1.29 is 14.6 Å². The molecular formula is C21H31ClN2O3. The Kier molecular flexibility index (Phi) is 7.01. The number of ether oxygens (including phenoxy) is 1. The van der Waals surface area contributed by atoms with Crippen molar-refractivity contribution in [1.82, 2.24) is 9.80 Å². The van der Waals surface area contributed by atoms with Crippen LogP contribution in [0.4, 0.5) is 0 Å². The first kappa shape index (κ1) is 20.4. The second-order valence-electron chi connectivity index (χ2n) is 8.16. The van der Waals surface area contributed by atoms with Crippen LogP contribution in [-0.2, 0) is 4.79 Å². The Hall–Kier alpha value is -1.30. The van der Waals surface area contributed by atoms with Gasteiger partial charge < -0.3 is 14.7 Å². The summed E-state index contributed by atoms with van der Waals surface area (Å²) in [5, 5.41) is 11.5. The van der Waals surface area contributed by atoms with Gasteiger partial charge in [0.1, 0.15) is 18.0 Å². The Morgan fingerprint density at radius 1 is 1.26 bits per heavy atom. The number of benzene rings is 1. The molecule has 0 aliphatic carbocycles. The SMILES string of the molecule is CC1CCN(CC(=O)N2CCCC(O)(COc3cccc(Cl)c3)CC2)CC1. The molecule has 0 radical (unpaired) electrons. The van der Waals surface area contributed by atoms with Gasteiger partial charge in [-0.1, -0.05) is 24.6 Å². The van der Waals surface area contributed by atoms with Gasteiger partial charge in [-0.25, -0.2) is 0 Å². The van der Waals surface area contributed by atoms with E-state index in [9.17, 15) is 9.90 Å². The fraction of sp³-hybridized carbons (Fsp3) is 0.667. The number of likely N-dealkylation sites (tertiary alicyclic amines) is 2. The number of halogens is 1. The maximum atomic E-state index is 12.7. The van der Waals surface area contributed by atoms with E-state index < -0.39 is 5.60 Å².